The predicted octanol–water partition coefficient (Wildman–Crippen LogP) is 3.23. The third-order valence-corrected chi connectivity index (χ3v) is 3.81. The van der Waals surface area contributed by atoms with Crippen LogP contribution in [0.2, 0.25) is 0 Å². The van der Waals surface area contributed by atoms with Gasteiger partial charge in [-0.05, 0) is 18.4 Å². The highest BCUT2D eigenvalue weighted by atomic mass is 15.3. The average molecular weight is 283 g/mol. The lowest BCUT2D eigenvalue weighted by molar-refractivity contribution is 0.460. The monoisotopic (exact) mass is 283 g/mol. The Morgan fingerprint density at radius 2 is 1.86 bits per heavy atom. The summed E-state index contributed by atoms with van der Waals surface area (Å²) < 4.78 is 0. The third kappa shape index (κ3) is 4.15. The Bertz CT molecular complexity index is 552. The first-order valence-corrected chi connectivity index (χ1v) is 7.64. The Hall–Kier alpha value is -2.17. The first-order valence-electron chi connectivity index (χ1n) is 7.64. The molecule has 1 heterocycles. The second kappa shape index (κ2) is 7.02. The van der Waals surface area contributed by atoms with Crippen LogP contribution in [-0.4, -0.2) is 21.2 Å². The molecule has 0 unspecified atom stereocenters. The van der Waals surface area contributed by atoms with Gasteiger partial charge in [-0.2, -0.15) is 10.1 Å². The van der Waals surface area contributed by atoms with E-state index in [1.165, 1.54) is 37.7 Å². The maximum Gasteiger partial charge on any atom is 0.244 e. The summed E-state index contributed by atoms with van der Waals surface area (Å²) in [6.45, 7) is 0.738. The second-order valence-corrected chi connectivity index (χ2v) is 5.48. The molecule has 0 amide bonds. The fourth-order valence-electron chi connectivity index (χ4n) is 2.67. The van der Waals surface area contributed by atoms with Gasteiger partial charge in [-0.1, -0.05) is 49.6 Å². The van der Waals surface area contributed by atoms with E-state index < -0.39 is 0 Å². The van der Waals surface area contributed by atoms with Crippen LogP contribution in [0.5, 0.6) is 0 Å². The molecule has 1 fully saturated rings. The highest BCUT2D eigenvalue weighted by Gasteiger charge is 2.14. The molecule has 1 aliphatic rings. The van der Waals surface area contributed by atoms with Crippen molar-refractivity contribution in [2.24, 2.45) is 0 Å². The lowest BCUT2D eigenvalue weighted by Gasteiger charge is -2.22. The van der Waals surface area contributed by atoms with Gasteiger partial charge in [0.2, 0.25) is 5.95 Å². The number of benzene rings is 1. The van der Waals surface area contributed by atoms with E-state index in [9.17, 15) is 0 Å². The largest absolute Gasteiger partial charge is 0.365 e. The van der Waals surface area contributed by atoms with E-state index in [1.54, 1.807) is 6.20 Å². The van der Waals surface area contributed by atoms with Gasteiger partial charge in [-0.15, -0.1) is 5.10 Å². The topological polar surface area (TPSA) is 62.7 Å². The fraction of sp³-hybridized carbons (Fsp3) is 0.438. The average Bonchev–Trinajstić information content (AvgIpc) is 2.55. The van der Waals surface area contributed by atoms with Crippen LogP contribution in [0.1, 0.15) is 37.7 Å². The highest BCUT2D eigenvalue weighted by Crippen LogP contribution is 2.20. The van der Waals surface area contributed by atoms with E-state index in [0.29, 0.717) is 12.0 Å². The summed E-state index contributed by atoms with van der Waals surface area (Å²) in [6.07, 6.45) is 7.98. The van der Waals surface area contributed by atoms with E-state index in [-0.39, 0.29) is 0 Å². The van der Waals surface area contributed by atoms with E-state index in [2.05, 4.69) is 37.9 Å². The SMILES string of the molecule is c1ccc(CNc2cnnc(NC3CCCCC3)n2)cc1. The van der Waals surface area contributed by atoms with Gasteiger partial charge < -0.3 is 10.6 Å². The van der Waals surface area contributed by atoms with E-state index in [1.807, 2.05) is 18.2 Å². The van der Waals surface area contributed by atoms with Gasteiger partial charge in [-0.3, -0.25) is 0 Å². The lowest BCUT2D eigenvalue weighted by Crippen LogP contribution is -2.23. The summed E-state index contributed by atoms with van der Waals surface area (Å²) >= 11 is 0. The van der Waals surface area contributed by atoms with Crippen molar-refractivity contribution < 1.29 is 0 Å². The Balaban J connectivity index is 1.57. The zero-order chi connectivity index (χ0) is 14.3. The number of hydrogen-bond acceptors (Lipinski definition) is 5. The minimum atomic E-state index is 0.491. The molecule has 1 aliphatic carbocycles. The lowest BCUT2D eigenvalue weighted by atomic mass is 9.96. The fourth-order valence-corrected chi connectivity index (χ4v) is 2.67. The minimum Gasteiger partial charge on any atom is -0.365 e. The number of hydrogen-bond donors (Lipinski definition) is 2. The minimum absolute atomic E-state index is 0.491. The summed E-state index contributed by atoms with van der Waals surface area (Å²) in [6, 6.07) is 10.7. The molecule has 0 saturated heterocycles. The van der Waals surface area contributed by atoms with Crippen LogP contribution < -0.4 is 10.6 Å². The Morgan fingerprint density at radius 1 is 1.05 bits per heavy atom. The van der Waals surface area contributed by atoms with Gasteiger partial charge in [0.15, 0.2) is 5.82 Å². The number of nitrogens with zero attached hydrogens (tertiary/aromatic N) is 3. The Kier molecular flexibility index (Phi) is 4.61. The van der Waals surface area contributed by atoms with E-state index in [0.717, 1.165) is 12.4 Å². The zero-order valence-electron chi connectivity index (χ0n) is 12.1. The Morgan fingerprint density at radius 3 is 2.67 bits per heavy atom. The molecule has 0 spiro atoms. The smallest absolute Gasteiger partial charge is 0.244 e. The van der Waals surface area contributed by atoms with E-state index in [4.69, 9.17) is 0 Å². The summed E-state index contributed by atoms with van der Waals surface area (Å²) in [4.78, 5) is 4.49. The maximum atomic E-state index is 4.49. The summed E-state index contributed by atoms with van der Waals surface area (Å²) in [5.41, 5.74) is 1.22. The zero-order valence-corrected chi connectivity index (χ0v) is 12.1. The first-order chi connectivity index (χ1) is 10.4. The van der Waals surface area contributed by atoms with Crippen LogP contribution in [0.25, 0.3) is 0 Å². The molecule has 5 heteroatoms. The molecule has 2 aromatic rings. The second-order valence-electron chi connectivity index (χ2n) is 5.48. The molecule has 0 atom stereocenters. The predicted molar refractivity (Wildman–Crippen MR) is 84.1 cm³/mol. The van der Waals surface area contributed by atoms with Crippen molar-refractivity contribution in [2.75, 3.05) is 10.6 Å². The number of aromatic nitrogens is 3. The molecule has 0 radical (unpaired) electrons. The summed E-state index contributed by atoms with van der Waals surface area (Å²) in [5.74, 6) is 1.38. The van der Waals surface area contributed by atoms with E-state index >= 15 is 0 Å². The maximum absolute atomic E-state index is 4.49. The van der Waals surface area contributed by atoms with Crippen LogP contribution in [0, 0.1) is 0 Å². The molecular weight excluding hydrogens is 262 g/mol. The number of nitrogens with one attached hydrogen (secondary N) is 2. The van der Waals surface area contributed by atoms with Crippen LogP contribution in [-0.2, 0) is 6.54 Å². The standard InChI is InChI=1S/C16H21N5/c1-3-7-13(8-4-1)11-17-15-12-18-21-16(20-15)19-14-9-5-2-6-10-14/h1,3-4,7-8,12,14H,2,5-6,9-11H2,(H2,17,19,20,21). The highest BCUT2D eigenvalue weighted by molar-refractivity contribution is 5.38. The molecule has 5 nitrogen and oxygen atoms in total. The van der Waals surface area contributed by atoms with Crippen molar-refractivity contribution in [2.45, 2.75) is 44.7 Å². The van der Waals surface area contributed by atoms with Crippen molar-refractivity contribution in [1.29, 1.82) is 0 Å². The van der Waals surface area contributed by atoms with Gasteiger partial charge in [0, 0.05) is 12.6 Å². The molecule has 1 aromatic heterocycles. The molecule has 0 aliphatic heterocycles. The third-order valence-electron chi connectivity index (χ3n) is 3.81. The number of rotatable bonds is 5. The first kappa shape index (κ1) is 13.8. The molecule has 2 N–H and O–H groups in total. The molecule has 3 rings (SSSR count). The molecule has 1 saturated carbocycles. The molecule has 1 aromatic carbocycles. The molecular formula is C16H21N5. The van der Waals surface area contributed by atoms with Gasteiger partial charge in [0.25, 0.3) is 0 Å². The van der Waals surface area contributed by atoms with Crippen molar-refractivity contribution in [1.82, 2.24) is 15.2 Å². The van der Waals surface area contributed by atoms with Crippen LogP contribution in [0.4, 0.5) is 11.8 Å². The van der Waals surface area contributed by atoms with Crippen molar-refractivity contribution in [3.8, 4) is 0 Å². The van der Waals surface area contributed by atoms with Crippen molar-refractivity contribution in [3.63, 3.8) is 0 Å². The van der Waals surface area contributed by atoms with Gasteiger partial charge in [0.05, 0.1) is 6.20 Å². The summed E-state index contributed by atoms with van der Waals surface area (Å²) in [5, 5.41) is 14.8. The molecule has 21 heavy (non-hydrogen) atoms. The summed E-state index contributed by atoms with van der Waals surface area (Å²) in [7, 11) is 0. The quantitative estimate of drug-likeness (QED) is 0.882. The molecule has 110 valence electrons. The number of anilines is 2. The van der Waals surface area contributed by atoms with Crippen LogP contribution in [0.15, 0.2) is 36.5 Å². The van der Waals surface area contributed by atoms with Crippen molar-refractivity contribution >= 4 is 11.8 Å². The van der Waals surface area contributed by atoms with Crippen LogP contribution in [0.3, 0.4) is 0 Å². The molecule has 0 bridgehead atoms. The Labute approximate surface area is 125 Å². The van der Waals surface area contributed by atoms with Crippen molar-refractivity contribution in [3.05, 3.63) is 42.1 Å². The normalized spacial score (nSPS) is 15.6. The van der Waals surface area contributed by atoms with Gasteiger partial charge in [0.1, 0.15) is 0 Å². The van der Waals surface area contributed by atoms with Gasteiger partial charge >= 0.3 is 0 Å². The van der Waals surface area contributed by atoms with Crippen LogP contribution >= 0.6 is 0 Å². The van der Waals surface area contributed by atoms with Gasteiger partial charge in [-0.25, -0.2) is 0 Å².